The molecule has 2 heterocycles. The summed E-state index contributed by atoms with van der Waals surface area (Å²) in [5.74, 6) is -1.04. The zero-order valence-electron chi connectivity index (χ0n) is 10.9. The molecule has 5 nitrogen and oxygen atoms in total. The van der Waals surface area contributed by atoms with E-state index in [-0.39, 0.29) is 17.2 Å². The van der Waals surface area contributed by atoms with Gasteiger partial charge in [-0.1, -0.05) is 0 Å². The Kier molecular flexibility index (Phi) is 3.90. The maximum absolute atomic E-state index is 12.5. The summed E-state index contributed by atoms with van der Waals surface area (Å²) in [6, 6.07) is 0. The third-order valence-electron chi connectivity index (χ3n) is 4.17. The quantitative estimate of drug-likeness (QED) is 0.761. The summed E-state index contributed by atoms with van der Waals surface area (Å²) in [4.78, 5) is 25.3. The molecule has 0 aromatic heterocycles. The number of rotatable bonds is 2. The minimum absolute atomic E-state index is 0.126. The fourth-order valence-electron chi connectivity index (χ4n) is 2.98. The van der Waals surface area contributed by atoms with Gasteiger partial charge in [0.1, 0.15) is 0 Å². The first-order valence-corrected chi connectivity index (χ1v) is 6.76. The first-order valence-electron chi connectivity index (χ1n) is 6.76. The van der Waals surface area contributed by atoms with Crippen LogP contribution in [-0.4, -0.2) is 48.1 Å². The van der Waals surface area contributed by atoms with Crippen molar-refractivity contribution in [3.63, 3.8) is 0 Å². The lowest BCUT2D eigenvalue weighted by atomic mass is 9.80. The van der Waals surface area contributed by atoms with Gasteiger partial charge in [0.05, 0.1) is 11.3 Å². The highest BCUT2D eigenvalue weighted by Crippen LogP contribution is 2.30. The molecule has 1 amide bonds. The van der Waals surface area contributed by atoms with Crippen LogP contribution in [-0.2, 0) is 9.59 Å². The molecule has 5 heteroatoms. The SMILES string of the molecule is CC1(C(=O)N2CCC[C@H](C(=O)O)C2)CCCNC1. The van der Waals surface area contributed by atoms with E-state index in [4.69, 9.17) is 5.11 Å². The van der Waals surface area contributed by atoms with E-state index in [1.807, 2.05) is 6.92 Å². The minimum Gasteiger partial charge on any atom is -0.481 e. The fraction of sp³-hybridized carbons (Fsp3) is 0.846. The number of nitrogens with one attached hydrogen (secondary N) is 1. The van der Waals surface area contributed by atoms with E-state index in [0.29, 0.717) is 26.1 Å². The van der Waals surface area contributed by atoms with Crippen molar-refractivity contribution >= 4 is 11.9 Å². The molecule has 2 aliphatic heterocycles. The summed E-state index contributed by atoms with van der Waals surface area (Å²) in [7, 11) is 0. The van der Waals surface area contributed by atoms with Crippen LogP contribution in [0.5, 0.6) is 0 Å². The predicted molar refractivity (Wildman–Crippen MR) is 67.2 cm³/mol. The predicted octanol–water partition coefficient (Wildman–Crippen LogP) is 0.699. The molecule has 1 unspecified atom stereocenters. The van der Waals surface area contributed by atoms with Crippen LogP contribution in [0, 0.1) is 11.3 Å². The van der Waals surface area contributed by atoms with Gasteiger partial charge in [-0.3, -0.25) is 9.59 Å². The Morgan fingerprint density at radius 3 is 2.78 bits per heavy atom. The Hall–Kier alpha value is -1.10. The summed E-state index contributed by atoms with van der Waals surface area (Å²) < 4.78 is 0. The number of carbonyl (C=O) groups excluding carboxylic acids is 1. The van der Waals surface area contributed by atoms with E-state index in [1.54, 1.807) is 4.90 Å². The monoisotopic (exact) mass is 254 g/mol. The number of likely N-dealkylation sites (tertiary alicyclic amines) is 1. The van der Waals surface area contributed by atoms with Gasteiger partial charge >= 0.3 is 5.97 Å². The van der Waals surface area contributed by atoms with Crippen LogP contribution in [0.2, 0.25) is 0 Å². The van der Waals surface area contributed by atoms with Crippen molar-refractivity contribution in [2.45, 2.75) is 32.6 Å². The van der Waals surface area contributed by atoms with Crippen molar-refractivity contribution in [1.82, 2.24) is 10.2 Å². The van der Waals surface area contributed by atoms with Crippen molar-refractivity contribution in [2.75, 3.05) is 26.2 Å². The summed E-state index contributed by atoms with van der Waals surface area (Å²) in [6.07, 6.45) is 3.39. The van der Waals surface area contributed by atoms with Gasteiger partial charge in [-0.2, -0.15) is 0 Å². The number of carboxylic acid groups (broad SMARTS) is 1. The molecule has 2 rings (SSSR count). The molecule has 0 aromatic rings. The summed E-state index contributed by atoms with van der Waals surface area (Å²) in [6.45, 7) is 4.76. The molecular weight excluding hydrogens is 232 g/mol. The minimum atomic E-state index is -0.778. The highest BCUT2D eigenvalue weighted by atomic mass is 16.4. The van der Waals surface area contributed by atoms with Crippen molar-refractivity contribution in [3.8, 4) is 0 Å². The number of hydrogen-bond acceptors (Lipinski definition) is 3. The largest absolute Gasteiger partial charge is 0.481 e. The first-order chi connectivity index (χ1) is 8.53. The van der Waals surface area contributed by atoms with E-state index < -0.39 is 5.97 Å². The summed E-state index contributed by atoms with van der Waals surface area (Å²) >= 11 is 0. The Morgan fingerprint density at radius 2 is 2.17 bits per heavy atom. The fourth-order valence-corrected chi connectivity index (χ4v) is 2.98. The molecule has 2 fully saturated rings. The van der Waals surface area contributed by atoms with E-state index in [2.05, 4.69) is 5.32 Å². The van der Waals surface area contributed by atoms with Crippen LogP contribution in [0.3, 0.4) is 0 Å². The Morgan fingerprint density at radius 1 is 1.39 bits per heavy atom. The van der Waals surface area contributed by atoms with E-state index >= 15 is 0 Å². The molecule has 0 aliphatic carbocycles. The lowest BCUT2D eigenvalue weighted by Crippen LogP contribution is -2.53. The average Bonchev–Trinajstić information content (AvgIpc) is 2.39. The van der Waals surface area contributed by atoms with E-state index in [9.17, 15) is 9.59 Å². The summed E-state index contributed by atoms with van der Waals surface area (Å²) in [5.41, 5.74) is -0.349. The Labute approximate surface area is 108 Å². The average molecular weight is 254 g/mol. The molecule has 2 N–H and O–H groups in total. The van der Waals surface area contributed by atoms with Crippen molar-refractivity contribution in [3.05, 3.63) is 0 Å². The lowest BCUT2D eigenvalue weighted by molar-refractivity contribution is -0.149. The highest BCUT2D eigenvalue weighted by molar-refractivity contribution is 5.83. The van der Waals surface area contributed by atoms with Crippen molar-refractivity contribution < 1.29 is 14.7 Å². The second kappa shape index (κ2) is 5.26. The smallest absolute Gasteiger partial charge is 0.308 e. The van der Waals surface area contributed by atoms with Gasteiger partial charge in [0.15, 0.2) is 0 Å². The van der Waals surface area contributed by atoms with Crippen molar-refractivity contribution in [1.29, 1.82) is 0 Å². The molecule has 2 aliphatic rings. The van der Waals surface area contributed by atoms with Crippen molar-refractivity contribution in [2.24, 2.45) is 11.3 Å². The molecule has 2 saturated heterocycles. The van der Waals surface area contributed by atoms with Crippen LogP contribution in [0.15, 0.2) is 0 Å². The maximum atomic E-state index is 12.5. The highest BCUT2D eigenvalue weighted by Gasteiger charge is 2.39. The molecule has 0 bridgehead atoms. The van der Waals surface area contributed by atoms with Gasteiger partial charge in [0, 0.05) is 19.6 Å². The van der Waals surface area contributed by atoms with Gasteiger partial charge in [-0.25, -0.2) is 0 Å². The topological polar surface area (TPSA) is 69.6 Å². The number of nitrogens with zero attached hydrogens (tertiary/aromatic N) is 1. The Bertz CT molecular complexity index is 337. The second-order valence-electron chi connectivity index (χ2n) is 5.77. The lowest BCUT2D eigenvalue weighted by Gasteiger charge is -2.40. The van der Waals surface area contributed by atoms with Gasteiger partial charge in [-0.15, -0.1) is 0 Å². The molecular formula is C13H22N2O3. The van der Waals surface area contributed by atoms with Crippen LogP contribution < -0.4 is 5.32 Å². The van der Waals surface area contributed by atoms with Gasteiger partial charge in [0.25, 0.3) is 0 Å². The molecule has 0 radical (unpaired) electrons. The maximum Gasteiger partial charge on any atom is 0.308 e. The number of hydrogen-bond donors (Lipinski definition) is 2. The van der Waals surface area contributed by atoms with Gasteiger partial charge in [0.2, 0.25) is 5.91 Å². The third kappa shape index (κ3) is 2.66. The van der Waals surface area contributed by atoms with Gasteiger partial charge < -0.3 is 15.3 Å². The standard InChI is InChI=1S/C13H22N2O3/c1-13(5-3-6-14-9-13)12(18)15-7-2-4-10(8-15)11(16)17/h10,14H,2-9H2,1H3,(H,16,17)/t10-,13?/m0/s1. The molecule has 102 valence electrons. The number of aliphatic carboxylic acids is 1. The normalized spacial score (nSPS) is 33.2. The molecule has 0 spiro atoms. The number of amides is 1. The molecule has 2 atom stereocenters. The second-order valence-corrected chi connectivity index (χ2v) is 5.77. The number of piperidine rings is 2. The van der Waals surface area contributed by atoms with Crippen LogP contribution in [0.1, 0.15) is 32.6 Å². The zero-order valence-corrected chi connectivity index (χ0v) is 10.9. The third-order valence-corrected chi connectivity index (χ3v) is 4.17. The molecule has 0 aromatic carbocycles. The first kappa shape index (κ1) is 13.3. The van der Waals surface area contributed by atoms with E-state index in [1.165, 1.54) is 0 Å². The molecule has 0 saturated carbocycles. The van der Waals surface area contributed by atoms with E-state index in [0.717, 1.165) is 25.8 Å². The molecule has 18 heavy (non-hydrogen) atoms. The van der Waals surface area contributed by atoms with Crippen LogP contribution in [0.25, 0.3) is 0 Å². The van der Waals surface area contributed by atoms with Gasteiger partial charge in [-0.05, 0) is 39.2 Å². The van der Waals surface area contributed by atoms with Crippen LogP contribution in [0.4, 0.5) is 0 Å². The number of carboxylic acids is 1. The zero-order chi connectivity index (χ0) is 13.2. The number of carbonyl (C=O) groups is 2. The Balaban J connectivity index is 2.01. The summed E-state index contributed by atoms with van der Waals surface area (Å²) in [5, 5.41) is 12.3. The van der Waals surface area contributed by atoms with Crippen LogP contribution >= 0.6 is 0 Å².